The number of Topliss-reactive ketones (excluding diaryl/α,β-unsaturated/α-hetero) is 1. The lowest BCUT2D eigenvalue weighted by atomic mass is 9.81. The molecule has 1 N–H and O–H groups in total. The molecule has 0 aliphatic carbocycles. The van der Waals surface area contributed by atoms with E-state index in [2.05, 4.69) is 46.4 Å². The van der Waals surface area contributed by atoms with Crippen molar-refractivity contribution in [1.29, 1.82) is 0 Å². The molecule has 0 spiro atoms. The minimum absolute atomic E-state index is 0.0192. The monoisotopic (exact) mass is 397 g/mol. The second-order valence-corrected chi connectivity index (χ2v) is 15.3. The topological polar surface area (TPSA) is 49.8 Å². The summed E-state index contributed by atoms with van der Waals surface area (Å²) in [7, 11) is -1.77. The summed E-state index contributed by atoms with van der Waals surface area (Å²) < 4.78 is 6.69. The number of fused-ring (bicyclic) bond motifs is 1. The van der Waals surface area contributed by atoms with Gasteiger partial charge in [-0.15, -0.1) is 0 Å². The van der Waals surface area contributed by atoms with Crippen LogP contribution in [0.15, 0.2) is 0 Å². The van der Waals surface area contributed by atoms with Gasteiger partial charge in [0.15, 0.2) is 8.32 Å². The van der Waals surface area contributed by atoms with Crippen LogP contribution in [0, 0.1) is 0 Å². The number of aliphatic hydroxyl groups is 1. The Morgan fingerprint density at radius 2 is 1.78 bits per heavy atom. The van der Waals surface area contributed by atoms with Crippen LogP contribution in [0.3, 0.4) is 0 Å². The van der Waals surface area contributed by atoms with Crippen LogP contribution >= 0.6 is 0 Å². The summed E-state index contributed by atoms with van der Waals surface area (Å²) in [5, 5.41) is 9.70. The zero-order valence-corrected chi connectivity index (χ0v) is 19.6. The first kappa shape index (κ1) is 23.0. The third-order valence-corrected chi connectivity index (χ3v) is 13.6. The number of hydrogen-bond donors (Lipinski definition) is 1. The molecular weight excluding hydrogens is 354 g/mol. The number of piperidine rings is 1. The van der Waals surface area contributed by atoms with Gasteiger partial charge in [-0.05, 0) is 48.7 Å². The van der Waals surface area contributed by atoms with Crippen molar-refractivity contribution in [1.82, 2.24) is 4.90 Å². The predicted octanol–water partition coefficient (Wildman–Crippen LogP) is 4.91. The Morgan fingerprint density at radius 3 is 2.33 bits per heavy atom. The van der Waals surface area contributed by atoms with Gasteiger partial charge in [0, 0.05) is 37.6 Å². The number of hydrogen-bond acceptors (Lipinski definition) is 4. The SMILES string of the molecule is CC(C)[Si](OCCCCC12CCC(CO)N1CCC(=O)C2)(C(C)C)C(C)C. The van der Waals surface area contributed by atoms with Gasteiger partial charge in [-0.1, -0.05) is 41.5 Å². The van der Waals surface area contributed by atoms with E-state index in [0.717, 1.165) is 45.3 Å². The van der Waals surface area contributed by atoms with Crippen LogP contribution in [-0.4, -0.2) is 55.4 Å². The molecule has 2 aliphatic heterocycles. The number of ketones is 1. The van der Waals surface area contributed by atoms with E-state index in [1.54, 1.807) is 0 Å². The molecule has 2 fully saturated rings. The van der Waals surface area contributed by atoms with Gasteiger partial charge in [-0.3, -0.25) is 9.69 Å². The van der Waals surface area contributed by atoms with Crippen molar-refractivity contribution < 1.29 is 14.3 Å². The molecule has 2 unspecified atom stereocenters. The molecule has 2 heterocycles. The average molecular weight is 398 g/mol. The maximum absolute atomic E-state index is 12.1. The van der Waals surface area contributed by atoms with Gasteiger partial charge in [0.05, 0.1) is 6.61 Å². The second kappa shape index (κ2) is 9.51. The molecule has 0 bridgehead atoms. The first-order valence-corrected chi connectivity index (χ1v) is 13.4. The van der Waals surface area contributed by atoms with E-state index in [0.29, 0.717) is 35.2 Å². The maximum Gasteiger partial charge on any atom is 0.200 e. The molecule has 0 saturated carbocycles. The molecule has 0 aromatic heterocycles. The Hall–Kier alpha value is -0.233. The quantitative estimate of drug-likeness (QED) is 0.420. The fourth-order valence-corrected chi connectivity index (χ4v) is 11.8. The average Bonchev–Trinajstić information content (AvgIpc) is 2.94. The molecule has 158 valence electrons. The highest BCUT2D eigenvalue weighted by Crippen LogP contribution is 2.44. The molecule has 2 aliphatic rings. The minimum Gasteiger partial charge on any atom is -0.416 e. The van der Waals surface area contributed by atoms with E-state index in [1.165, 1.54) is 0 Å². The first-order valence-electron chi connectivity index (χ1n) is 11.2. The van der Waals surface area contributed by atoms with Gasteiger partial charge in [-0.2, -0.15) is 0 Å². The smallest absolute Gasteiger partial charge is 0.200 e. The third-order valence-electron chi connectivity index (χ3n) is 7.46. The highest BCUT2D eigenvalue weighted by molar-refractivity contribution is 6.77. The summed E-state index contributed by atoms with van der Waals surface area (Å²) in [6, 6.07) is 0.261. The summed E-state index contributed by atoms with van der Waals surface area (Å²) in [6.45, 7) is 15.9. The van der Waals surface area contributed by atoms with Gasteiger partial charge in [-0.25, -0.2) is 0 Å². The number of nitrogens with zero attached hydrogens (tertiary/aromatic N) is 1. The van der Waals surface area contributed by atoms with Crippen LogP contribution in [-0.2, 0) is 9.22 Å². The fraction of sp³-hybridized carbons (Fsp3) is 0.955. The Labute approximate surface area is 168 Å². The number of aliphatic hydroxyl groups excluding tert-OH is 1. The summed E-state index contributed by atoms with van der Waals surface area (Å²) in [5.41, 5.74) is 1.90. The lowest BCUT2D eigenvalue weighted by Gasteiger charge is -2.44. The molecule has 2 rings (SSSR count). The Balaban J connectivity index is 1.90. The second-order valence-electron chi connectivity index (χ2n) is 9.88. The fourth-order valence-electron chi connectivity index (χ4n) is 6.28. The van der Waals surface area contributed by atoms with Gasteiger partial charge >= 0.3 is 0 Å². The molecular formula is C22H43NO3Si. The van der Waals surface area contributed by atoms with E-state index in [1.807, 2.05) is 0 Å². The van der Waals surface area contributed by atoms with E-state index in [9.17, 15) is 9.90 Å². The lowest BCUT2D eigenvalue weighted by Crippen LogP contribution is -2.53. The maximum atomic E-state index is 12.1. The van der Waals surface area contributed by atoms with Crippen LogP contribution in [0.25, 0.3) is 0 Å². The van der Waals surface area contributed by atoms with E-state index in [4.69, 9.17) is 4.43 Å². The van der Waals surface area contributed by atoms with Gasteiger partial charge in [0.25, 0.3) is 0 Å². The molecule has 4 nitrogen and oxygen atoms in total. The first-order chi connectivity index (χ1) is 12.7. The van der Waals surface area contributed by atoms with Crippen molar-refractivity contribution in [3.8, 4) is 0 Å². The van der Waals surface area contributed by atoms with Crippen LogP contribution in [0.4, 0.5) is 0 Å². The summed E-state index contributed by atoms with van der Waals surface area (Å²) in [4.78, 5) is 14.6. The molecule has 0 aromatic rings. The molecule has 5 heteroatoms. The predicted molar refractivity (Wildman–Crippen MR) is 115 cm³/mol. The zero-order chi connectivity index (χ0) is 20.2. The molecule has 2 atom stereocenters. The Bertz CT molecular complexity index is 472. The van der Waals surface area contributed by atoms with E-state index < -0.39 is 8.32 Å². The third kappa shape index (κ3) is 4.68. The van der Waals surface area contributed by atoms with Gasteiger partial charge < -0.3 is 9.53 Å². The number of rotatable bonds is 10. The largest absolute Gasteiger partial charge is 0.416 e. The van der Waals surface area contributed by atoms with Crippen molar-refractivity contribution in [2.45, 2.75) is 115 Å². The summed E-state index contributed by atoms with van der Waals surface area (Å²) in [6.07, 6.45) is 6.70. The van der Waals surface area contributed by atoms with Crippen molar-refractivity contribution in [2.75, 3.05) is 19.8 Å². The van der Waals surface area contributed by atoms with Crippen molar-refractivity contribution in [3.05, 3.63) is 0 Å². The highest BCUT2D eigenvalue weighted by atomic mass is 28.4. The molecule has 0 amide bonds. The lowest BCUT2D eigenvalue weighted by molar-refractivity contribution is -0.126. The van der Waals surface area contributed by atoms with Crippen molar-refractivity contribution in [2.24, 2.45) is 0 Å². The van der Waals surface area contributed by atoms with Crippen LogP contribution in [0.2, 0.25) is 16.6 Å². The van der Waals surface area contributed by atoms with Crippen LogP contribution < -0.4 is 0 Å². The van der Waals surface area contributed by atoms with E-state index >= 15 is 0 Å². The number of unbranched alkanes of at least 4 members (excludes halogenated alkanes) is 1. The highest BCUT2D eigenvalue weighted by Gasteiger charge is 2.49. The normalized spacial score (nSPS) is 27.2. The molecule has 0 radical (unpaired) electrons. The van der Waals surface area contributed by atoms with Gasteiger partial charge in [0.1, 0.15) is 5.78 Å². The van der Waals surface area contributed by atoms with Crippen molar-refractivity contribution in [3.63, 3.8) is 0 Å². The van der Waals surface area contributed by atoms with Gasteiger partial charge in [0.2, 0.25) is 0 Å². The standard InChI is InChI=1S/C22H43NO3Si/c1-17(2)27(18(3)4,19(5)6)26-14-8-7-11-22-12-9-20(16-24)23(22)13-10-21(25)15-22/h17-20,24H,7-16H2,1-6H3. The Morgan fingerprint density at radius 1 is 1.15 bits per heavy atom. The summed E-state index contributed by atoms with van der Waals surface area (Å²) >= 11 is 0. The zero-order valence-electron chi connectivity index (χ0n) is 18.6. The number of carbonyl (C=O) groups excluding carboxylic acids is 1. The Kier molecular flexibility index (Phi) is 8.12. The van der Waals surface area contributed by atoms with Crippen LogP contribution in [0.5, 0.6) is 0 Å². The minimum atomic E-state index is -1.77. The number of carbonyl (C=O) groups is 1. The van der Waals surface area contributed by atoms with Crippen LogP contribution in [0.1, 0.15) is 86.5 Å². The van der Waals surface area contributed by atoms with Crippen molar-refractivity contribution >= 4 is 14.1 Å². The molecule has 0 aromatic carbocycles. The van der Waals surface area contributed by atoms with E-state index in [-0.39, 0.29) is 18.2 Å². The summed E-state index contributed by atoms with van der Waals surface area (Å²) in [5.74, 6) is 0.409. The molecule has 2 saturated heterocycles. The molecule has 27 heavy (non-hydrogen) atoms.